The molecule has 29 heavy (non-hydrogen) atoms. The van der Waals surface area contributed by atoms with Gasteiger partial charge in [-0.15, -0.1) is 0 Å². The van der Waals surface area contributed by atoms with Crippen LogP contribution in [0.15, 0.2) is 36.5 Å². The van der Waals surface area contributed by atoms with E-state index in [-0.39, 0.29) is 12.7 Å². The van der Waals surface area contributed by atoms with Gasteiger partial charge in [0.2, 0.25) is 6.79 Å². The third kappa shape index (κ3) is 3.18. The molecule has 0 unspecified atom stereocenters. The Morgan fingerprint density at radius 1 is 1.10 bits per heavy atom. The number of carbonyl (C=O) groups excluding carboxylic acids is 1. The molecule has 7 heteroatoms. The van der Waals surface area contributed by atoms with Crippen LogP contribution in [0.3, 0.4) is 0 Å². The first-order valence-electron chi connectivity index (χ1n) is 9.30. The molecule has 2 heterocycles. The Kier molecular flexibility index (Phi) is 4.88. The monoisotopic (exact) mass is 394 g/mol. The van der Waals surface area contributed by atoms with Crippen molar-refractivity contribution in [1.29, 1.82) is 0 Å². The molecule has 0 fully saturated rings. The van der Waals surface area contributed by atoms with E-state index in [0.717, 1.165) is 16.6 Å². The molecule has 0 saturated carbocycles. The number of anilines is 1. The molecule has 0 spiro atoms. The maximum atomic E-state index is 13.6. The number of pyridine rings is 1. The average molecular weight is 394 g/mol. The molecular formula is C22H22N2O5. The number of aryl methyl sites for hydroxylation is 1. The summed E-state index contributed by atoms with van der Waals surface area (Å²) in [4.78, 5) is 19.7. The highest BCUT2D eigenvalue weighted by molar-refractivity contribution is 6.14. The lowest BCUT2D eigenvalue weighted by Crippen LogP contribution is -2.31. The molecular weight excluding hydrogens is 372 g/mol. The molecule has 1 aromatic heterocycles. The number of carbonyl (C=O) groups is 1. The first-order chi connectivity index (χ1) is 14.1. The summed E-state index contributed by atoms with van der Waals surface area (Å²) in [5.41, 5.74) is 2.90. The Hall–Kier alpha value is -3.48. The summed E-state index contributed by atoms with van der Waals surface area (Å²) in [5.74, 6) is 2.32. The Morgan fingerprint density at radius 2 is 1.79 bits per heavy atom. The van der Waals surface area contributed by atoms with Crippen LogP contribution in [-0.2, 0) is 0 Å². The van der Waals surface area contributed by atoms with E-state index in [1.54, 1.807) is 37.4 Å². The van der Waals surface area contributed by atoms with Gasteiger partial charge in [0.1, 0.15) is 0 Å². The minimum Gasteiger partial charge on any atom is -0.493 e. The van der Waals surface area contributed by atoms with Crippen LogP contribution in [0.2, 0.25) is 0 Å². The first kappa shape index (κ1) is 18.9. The van der Waals surface area contributed by atoms with E-state index < -0.39 is 0 Å². The molecule has 1 amide bonds. The third-order valence-electron chi connectivity index (χ3n) is 5.02. The summed E-state index contributed by atoms with van der Waals surface area (Å²) in [6.45, 7) is 4.53. The summed E-state index contributed by atoms with van der Waals surface area (Å²) in [6, 6.07) is 9.03. The van der Waals surface area contributed by atoms with Crippen LogP contribution in [0.5, 0.6) is 23.0 Å². The number of hydrogen-bond acceptors (Lipinski definition) is 6. The van der Waals surface area contributed by atoms with Gasteiger partial charge in [-0.2, -0.15) is 0 Å². The van der Waals surface area contributed by atoms with Crippen molar-refractivity contribution in [3.63, 3.8) is 0 Å². The zero-order valence-corrected chi connectivity index (χ0v) is 16.8. The van der Waals surface area contributed by atoms with E-state index in [1.807, 2.05) is 32.0 Å². The van der Waals surface area contributed by atoms with Gasteiger partial charge in [0.15, 0.2) is 23.0 Å². The maximum absolute atomic E-state index is 13.6. The van der Waals surface area contributed by atoms with Gasteiger partial charge in [0.05, 0.1) is 31.0 Å². The highest BCUT2D eigenvalue weighted by atomic mass is 16.7. The van der Waals surface area contributed by atoms with Crippen molar-refractivity contribution in [1.82, 2.24) is 4.98 Å². The van der Waals surface area contributed by atoms with Crippen LogP contribution in [0.1, 0.15) is 22.8 Å². The lowest BCUT2D eigenvalue weighted by molar-refractivity contribution is 0.0989. The fourth-order valence-corrected chi connectivity index (χ4v) is 3.55. The molecule has 0 N–H and O–H groups in total. The number of amides is 1. The van der Waals surface area contributed by atoms with Crippen molar-refractivity contribution in [3.8, 4) is 23.0 Å². The number of nitrogens with zero attached hydrogens (tertiary/aromatic N) is 2. The second-order valence-electron chi connectivity index (χ2n) is 6.62. The van der Waals surface area contributed by atoms with Crippen molar-refractivity contribution in [3.05, 3.63) is 47.7 Å². The highest BCUT2D eigenvalue weighted by Gasteiger charge is 2.24. The predicted octanol–water partition coefficient (Wildman–Crippen LogP) is 3.96. The molecule has 150 valence electrons. The summed E-state index contributed by atoms with van der Waals surface area (Å²) >= 11 is 0. The van der Waals surface area contributed by atoms with Crippen molar-refractivity contribution < 1.29 is 23.7 Å². The summed E-state index contributed by atoms with van der Waals surface area (Å²) < 4.78 is 21.7. The van der Waals surface area contributed by atoms with E-state index in [4.69, 9.17) is 18.9 Å². The predicted molar refractivity (Wildman–Crippen MR) is 109 cm³/mol. The molecule has 1 aliphatic rings. The number of aromatic nitrogens is 1. The molecule has 0 radical (unpaired) electrons. The minimum absolute atomic E-state index is 0.130. The highest BCUT2D eigenvalue weighted by Crippen LogP contribution is 2.38. The van der Waals surface area contributed by atoms with Gasteiger partial charge >= 0.3 is 0 Å². The largest absolute Gasteiger partial charge is 0.493 e. The van der Waals surface area contributed by atoms with Crippen LogP contribution >= 0.6 is 0 Å². The lowest BCUT2D eigenvalue weighted by Gasteiger charge is -2.25. The molecule has 0 aliphatic carbocycles. The number of benzene rings is 2. The summed E-state index contributed by atoms with van der Waals surface area (Å²) in [5, 5.41) is 0.721. The Balaban J connectivity index is 1.81. The van der Waals surface area contributed by atoms with Crippen LogP contribution in [0.4, 0.5) is 5.69 Å². The van der Waals surface area contributed by atoms with E-state index in [2.05, 4.69) is 4.98 Å². The van der Waals surface area contributed by atoms with Gasteiger partial charge in [-0.3, -0.25) is 9.78 Å². The third-order valence-corrected chi connectivity index (χ3v) is 5.02. The Morgan fingerprint density at radius 3 is 2.48 bits per heavy atom. The number of hydrogen-bond donors (Lipinski definition) is 0. The minimum atomic E-state index is -0.130. The van der Waals surface area contributed by atoms with Crippen LogP contribution in [0, 0.1) is 6.92 Å². The van der Waals surface area contributed by atoms with Gasteiger partial charge in [-0.05, 0) is 37.6 Å². The van der Waals surface area contributed by atoms with Gasteiger partial charge < -0.3 is 23.8 Å². The lowest BCUT2D eigenvalue weighted by atomic mass is 10.1. The molecule has 3 aromatic rings. The molecule has 0 atom stereocenters. The zero-order chi connectivity index (χ0) is 20.5. The van der Waals surface area contributed by atoms with E-state index >= 15 is 0 Å². The van der Waals surface area contributed by atoms with Gasteiger partial charge in [-0.25, -0.2) is 0 Å². The Bertz CT molecular complexity index is 1100. The van der Waals surface area contributed by atoms with Crippen molar-refractivity contribution in [2.45, 2.75) is 13.8 Å². The van der Waals surface area contributed by atoms with E-state index in [9.17, 15) is 4.79 Å². The molecule has 0 saturated heterocycles. The number of methoxy groups -OCH3 is 2. The van der Waals surface area contributed by atoms with Crippen molar-refractivity contribution >= 4 is 22.5 Å². The smallest absolute Gasteiger partial charge is 0.259 e. The first-order valence-corrected chi connectivity index (χ1v) is 9.30. The molecule has 4 rings (SSSR count). The second-order valence-corrected chi connectivity index (χ2v) is 6.62. The fourth-order valence-electron chi connectivity index (χ4n) is 3.55. The Labute approximate surface area is 168 Å². The molecule has 2 aromatic carbocycles. The van der Waals surface area contributed by atoms with Gasteiger partial charge in [0, 0.05) is 30.3 Å². The topological polar surface area (TPSA) is 70.1 Å². The average Bonchev–Trinajstić information content (AvgIpc) is 3.20. The van der Waals surface area contributed by atoms with E-state index in [0.29, 0.717) is 40.6 Å². The quantitative estimate of drug-likeness (QED) is 0.653. The second kappa shape index (κ2) is 7.50. The van der Waals surface area contributed by atoms with Gasteiger partial charge in [-0.1, -0.05) is 0 Å². The van der Waals surface area contributed by atoms with Gasteiger partial charge in [0.25, 0.3) is 5.91 Å². The zero-order valence-electron chi connectivity index (χ0n) is 16.8. The number of ether oxygens (including phenoxy) is 4. The van der Waals surface area contributed by atoms with Crippen molar-refractivity contribution in [2.24, 2.45) is 0 Å². The van der Waals surface area contributed by atoms with Crippen molar-refractivity contribution in [2.75, 3.05) is 32.5 Å². The molecule has 7 nitrogen and oxygen atoms in total. The SMILES string of the molecule is CCN(C(=O)c1ccnc2cc3c(cc12)OCO3)c1cc(OC)c(OC)cc1C. The summed E-state index contributed by atoms with van der Waals surface area (Å²) in [6.07, 6.45) is 1.63. The fraction of sp³-hybridized carbons (Fsp3) is 0.273. The maximum Gasteiger partial charge on any atom is 0.259 e. The normalized spacial score (nSPS) is 12.1. The van der Waals surface area contributed by atoms with Crippen LogP contribution < -0.4 is 23.8 Å². The molecule has 1 aliphatic heterocycles. The van der Waals surface area contributed by atoms with E-state index in [1.165, 1.54) is 0 Å². The number of rotatable bonds is 5. The van der Waals surface area contributed by atoms with Crippen LogP contribution in [0.25, 0.3) is 10.9 Å². The molecule has 0 bridgehead atoms. The standard InChI is InChI=1S/C22H22N2O5/c1-5-24(17-11-19(27-4)18(26-3)8-13(17)2)22(25)14-6-7-23-16-10-21-20(9-15(14)16)28-12-29-21/h6-11H,5,12H2,1-4H3. The number of fused-ring (bicyclic) bond motifs is 2. The summed E-state index contributed by atoms with van der Waals surface area (Å²) in [7, 11) is 3.17. The van der Waals surface area contributed by atoms with Crippen LogP contribution in [-0.4, -0.2) is 38.4 Å².